The summed E-state index contributed by atoms with van der Waals surface area (Å²) in [6.45, 7) is 4.25. The van der Waals surface area contributed by atoms with E-state index in [1.54, 1.807) is 20.1 Å². The molecule has 1 aromatic rings. The summed E-state index contributed by atoms with van der Waals surface area (Å²) in [5.74, 6) is 0.0929. The van der Waals surface area contributed by atoms with Gasteiger partial charge in [-0.15, -0.1) is 16.2 Å². The number of thioether (sulfide) groups is 1. The Morgan fingerprint density at radius 1 is 1.23 bits per heavy atom. The second kappa shape index (κ2) is 8.82. The van der Waals surface area contributed by atoms with Crippen molar-refractivity contribution in [2.45, 2.75) is 42.8 Å². The molecule has 0 aromatic carbocycles. The number of carbonyl (C=O) groups is 1. The molecule has 10 heteroatoms. The summed E-state index contributed by atoms with van der Waals surface area (Å²) >= 11 is 5.79. The Labute approximate surface area is 142 Å². The molecule has 1 heterocycles. The molecule has 0 aliphatic carbocycles. The summed E-state index contributed by atoms with van der Waals surface area (Å²) < 4.78 is 3.36. The van der Waals surface area contributed by atoms with Crippen molar-refractivity contribution in [2.75, 3.05) is 12.0 Å². The quantitative estimate of drug-likeness (QED) is 0.233. The van der Waals surface area contributed by atoms with Crippen LogP contribution >= 0.6 is 36.3 Å². The van der Waals surface area contributed by atoms with Gasteiger partial charge in [-0.1, -0.05) is 0 Å². The number of nitrogens with zero attached hydrogens (tertiary/aromatic N) is 3. The van der Waals surface area contributed by atoms with Crippen molar-refractivity contribution in [1.29, 1.82) is 0 Å². The first-order valence-corrected chi connectivity index (χ1v) is 9.23. The third-order valence-electron chi connectivity index (χ3n) is 2.97. The highest BCUT2D eigenvalue weighted by molar-refractivity contribution is 8.00. The van der Waals surface area contributed by atoms with Crippen molar-refractivity contribution in [1.82, 2.24) is 13.8 Å². The van der Waals surface area contributed by atoms with Crippen molar-refractivity contribution in [3.05, 3.63) is 20.7 Å². The zero-order valence-corrected chi connectivity index (χ0v) is 15.1. The van der Waals surface area contributed by atoms with E-state index in [9.17, 15) is 19.6 Å². The average Bonchev–Trinajstić information content (AvgIpc) is 2.51. The Morgan fingerprint density at radius 2 is 1.73 bits per heavy atom. The van der Waals surface area contributed by atoms with Crippen molar-refractivity contribution >= 4 is 42.6 Å². The standard InChI is InChI=1S/C12H19N3O4S3/c1-4-13-11(17)9(21-3)10(12(18)14(13)5-2)22-15(19)8(6-16)7-20/h6,8,19-20H,4-5,7H2,1-3H3/t8-/m1/s1. The van der Waals surface area contributed by atoms with Crippen molar-refractivity contribution in [2.24, 2.45) is 0 Å². The largest absolute Gasteiger partial charge is 0.302 e. The molecular formula is C12H19N3O4S3. The first-order valence-electron chi connectivity index (χ1n) is 6.60. The van der Waals surface area contributed by atoms with E-state index in [4.69, 9.17) is 0 Å². The lowest BCUT2D eigenvalue weighted by atomic mass is 10.4. The number of hydrogen-bond acceptors (Lipinski definition) is 8. The second-order valence-electron chi connectivity index (χ2n) is 4.18. The summed E-state index contributed by atoms with van der Waals surface area (Å²) in [7, 11) is 0. The lowest BCUT2D eigenvalue weighted by Crippen LogP contribution is -2.41. The second-order valence-corrected chi connectivity index (χ2v) is 6.33. The van der Waals surface area contributed by atoms with Gasteiger partial charge in [0, 0.05) is 18.8 Å². The molecule has 1 rings (SSSR count). The average molecular weight is 366 g/mol. The molecule has 7 nitrogen and oxygen atoms in total. The monoisotopic (exact) mass is 365 g/mol. The van der Waals surface area contributed by atoms with Gasteiger partial charge in [-0.25, -0.2) is 9.36 Å². The van der Waals surface area contributed by atoms with Crippen LogP contribution < -0.4 is 11.1 Å². The van der Waals surface area contributed by atoms with Gasteiger partial charge in [-0.05, 0) is 32.1 Å². The van der Waals surface area contributed by atoms with Gasteiger partial charge in [0.2, 0.25) is 0 Å². The SMILES string of the molecule is CCn1c(=O)c(SC)c(SN(O)[C@H](C=O)CS)c(=O)n1CC. The molecule has 1 N–H and O–H groups in total. The predicted octanol–water partition coefficient (Wildman–Crippen LogP) is 0.967. The zero-order valence-electron chi connectivity index (χ0n) is 12.6. The number of thiol groups is 1. The minimum atomic E-state index is -0.869. The van der Waals surface area contributed by atoms with Crippen LogP contribution in [-0.2, 0) is 17.9 Å². The van der Waals surface area contributed by atoms with Crippen LogP contribution in [0.3, 0.4) is 0 Å². The Morgan fingerprint density at radius 3 is 2.09 bits per heavy atom. The molecule has 0 bridgehead atoms. The fraction of sp³-hybridized carbons (Fsp3) is 0.583. The van der Waals surface area contributed by atoms with Gasteiger partial charge in [0.25, 0.3) is 11.1 Å². The van der Waals surface area contributed by atoms with Crippen molar-refractivity contribution in [3.63, 3.8) is 0 Å². The van der Waals surface area contributed by atoms with Crippen molar-refractivity contribution in [3.8, 4) is 0 Å². The van der Waals surface area contributed by atoms with E-state index in [2.05, 4.69) is 12.6 Å². The van der Waals surface area contributed by atoms with E-state index < -0.39 is 6.04 Å². The summed E-state index contributed by atoms with van der Waals surface area (Å²) in [5, 5.41) is 9.94. The van der Waals surface area contributed by atoms with E-state index in [1.807, 2.05) is 0 Å². The lowest BCUT2D eigenvalue weighted by Gasteiger charge is -2.21. The van der Waals surface area contributed by atoms with Gasteiger partial charge in [-0.3, -0.25) is 9.59 Å². The third-order valence-corrected chi connectivity index (χ3v) is 5.28. The molecule has 0 saturated carbocycles. The Balaban J connectivity index is 3.47. The summed E-state index contributed by atoms with van der Waals surface area (Å²) in [6, 6.07) is -0.869. The number of hydrogen-bond donors (Lipinski definition) is 2. The first-order chi connectivity index (χ1) is 10.5. The van der Waals surface area contributed by atoms with E-state index in [0.717, 1.165) is 11.8 Å². The van der Waals surface area contributed by atoms with Crippen LogP contribution in [0.2, 0.25) is 0 Å². The maximum absolute atomic E-state index is 12.6. The molecule has 124 valence electrons. The molecule has 1 aromatic heterocycles. The predicted molar refractivity (Wildman–Crippen MR) is 91.3 cm³/mol. The third kappa shape index (κ3) is 3.80. The van der Waals surface area contributed by atoms with Gasteiger partial charge in [0.05, 0.1) is 4.90 Å². The maximum atomic E-state index is 12.6. The Kier molecular flexibility index (Phi) is 7.77. The molecule has 0 fully saturated rings. The zero-order chi connectivity index (χ0) is 16.9. The lowest BCUT2D eigenvalue weighted by molar-refractivity contribution is -0.117. The first kappa shape index (κ1) is 19.4. The van der Waals surface area contributed by atoms with Gasteiger partial charge in [0.15, 0.2) is 0 Å². The number of aromatic nitrogens is 2. The highest BCUT2D eigenvalue weighted by Gasteiger charge is 2.23. The summed E-state index contributed by atoms with van der Waals surface area (Å²) in [6.07, 6.45) is 2.22. The van der Waals surface area contributed by atoms with Crippen LogP contribution in [0.1, 0.15) is 13.8 Å². The van der Waals surface area contributed by atoms with Crippen LogP contribution in [0, 0.1) is 0 Å². The van der Waals surface area contributed by atoms with Crippen LogP contribution in [-0.4, -0.2) is 43.4 Å². The number of carbonyl (C=O) groups excluding carboxylic acids is 1. The highest BCUT2D eigenvalue weighted by Crippen LogP contribution is 2.26. The normalized spacial score (nSPS) is 12.6. The number of aldehydes is 1. The molecule has 0 aliphatic rings. The van der Waals surface area contributed by atoms with Crippen LogP contribution in [0.15, 0.2) is 19.4 Å². The minimum absolute atomic E-state index is 0.0929. The molecule has 0 amide bonds. The smallest absolute Gasteiger partial charge is 0.281 e. The van der Waals surface area contributed by atoms with Gasteiger partial charge in [0.1, 0.15) is 17.2 Å². The van der Waals surface area contributed by atoms with E-state index >= 15 is 0 Å². The molecule has 0 spiro atoms. The molecule has 0 radical (unpaired) electrons. The van der Waals surface area contributed by atoms with Crippen LogP contribution in [0.4, 0.5) is 0 Å². The Hall–Kier alpha value is -0.680. The fourth-order valence-corrected chi connectivity index (χ4v) is 3.93. The van der Waals surface area contributed by atoms with E-state index in [-0.39, 0.29) is 26.7 Å². The van der Waals surface area contributed by atoms with Gasteiger partial charge in [-0.2, -0.15) is 12.6 Å². The molecule has 0 aliphatic heterocycles. The molecule has 0 saturated heterocycles. The molecule has 1 atom stereocenters. The maximum Gasteiger partial charge on any atom is 0.281 e. The van der Waals surface area contributed by atoms with Crippen molar-refractivity contribution < 1.29 is 10.0 Å². The van der Waals surface area contributed by atoms with Gasteiger partial charge < -0.3 is 10.0 Å². The summed E-state index contributed by atoms with van der Waals surface area (Å²) in [5.41, 5.74) is -0.665. The molecular weight excluding hydrogens is 346 g/mol. The fourth-order valence-electron chi connectivity index (χ4n) is 1.86. The summed E-state index contributed by atoms with van der Waals surface area (Å²) in [4.78, 5) is 36.3. The number of hydroxylamine groups is 1. The van der Waals surface area contributed by atoms with Crippen LogP contribution in [0.25, 0.3) is 0 Å². The number of rotatable bonds is 8. The molecule has 22 heavy (non-hydrogen) atoms. The highest BCUT2D eigenvalue weighted by atomic mass is 32.2. The minimum Gasteiger partial charge on any atom is -0.302 e. The molecule has 0 unspecified atom stereocenters. The van der Waals surface area contributed by atoms with E-state index in [0.29, 0.717) is 35.8 Å². The van der Waals surface area contributed by atoms with Crippen LogP contribution in [0.5, 0.6) is 0 Å². The topological polar surface area (TPSA) is 84.5 Å². The Bertz CT molecular complexity index is 644. The van der Waals surface area contributed by atoms with Gasteiger partial charge >= 0.3 is 0 Å². The van der Waals surface area contributed by atoms with E-state index in [1.165, 1.54) is 9.36 Å².